The van der Waals surface area contributed by atoms with Crippen molar-refractivity contribution in [2.45, 2.75) is 38.5 Å². The zero-order chi connectivity index (χ0) is 13.7. The van der Waals surface area contributed by atoms with Crippen LogP contribution in [-0.2, 0) is 4.79 Å². The number of oxime groups is 1. The fraction of sp³-hybridized carbons (Fsp3) is 0.846. The Hall–Kier alpha value is -0.910. The zero-order valence-corrected chi connectivity index (χ0v) is 12.0. The first-order chi connectivity index (χ1) is 9.19. The Balaban J connectivity index is 1.92. The van der Waals surface area contributed by atoms with Gasteiger partial charge in [0.2, 0.25) is 5.91 Å². The van der Waals surface area contributed by atoms with Gasteiger partial charge in [-0.05, 0) is 43.1 Å². The van der Waals surface area contributed by atoms with Crippen molar-refractivity contribution in [3.63, 3.8) is 0 Å². The van der Waals surface area contributed by atoms with Crippen LogP contribution in [0.15, 0.2) is 5.16 Å². The molecule has 0 unspecified atom stereocenters. The topological polar surface area (TPSA) is 87.7 Å². The average Bonchev–Trinajstić information content (AvgIpc) is 2.96. The first-order valence-electron chi connectivity index (χ1n) is 7.03. The van der Waals surface area contributed by atoms with Crippen molar-refractivity contribution < 1.29 is 10.0 Å². The van der Waals surface area contributed by atoms with Crippen molar-refractivity contribution in [1.29, 1.82) is 0 Å². The van der Waals surface area contributed by atoms with Crippen molar-refractivity contribution in [2.75, 3.05) is 18.1 Å². The van der Waals surface area contributed by atoms with E-state index in [1.807, 2.05) is 11.8 Å². The van der Waals surface area contributed by atoms with Crippen LogP contribution < -0.4 is 11.1 Å². The first-order valence-corrected chi connectivity index (χ1v) is 8.18. The maximum atomic E-state index is 12.4. The smallest absolute Gasteiger partial charge is 0.233 e. The number of hydrogen-bond acceptors (Lipinski definition) is 4. The number of nitrogens with one attached hydrogen (secondary N) is 1. The minimum absolute atomic E-state index is 0.0569. The number of carbonyl (C=O) groups excluding carboxylic acids is 1. The lowest BCUT2D eigenvalue weighted by molar-refractivity contribution is -0.127. The van der Waals surface area contributed by atoms with E-state index in [0.29, 0.717) is 18.8 Å². The van der Waals surface area contributed by atoms with Gasteiger partial charge in [0, 0.05) is 6.54 Å². The highest BCUT2D eigenvalue weighted by molar-refractivity contribution is 7.99. The lowest BCUT2D eigenvalue weighted by Crippen LogP contribution is -2.49. The van der Waals surface area contributed by atoms with Gasteiger partial charge in [-0.1, -0.05) is 18.0 Å². The highest BCUT2D eigenvalue weighted by Crippen LogP contribution is 2.38. The van der Waals surface area contributed by atoms with Gasteiger partial charge in [-0.2, -0.15) is 11.8 Å². The molecule has 6 heteroatoms. The Morgan fingerprint density at radius 2 is 2.00 bits per heavy atom. The molecular weight excluding hydrogens is 262 g/mol. The van der Waals surface area contributed by atoms with E-state index in [1.54, 1.807) is 0 Å². The summed E-state index contributed by atoms with van der Waals surface area (Å²) >= 11 is 1.98. The van der Waals surface area contributed by atoms with Crippen LogP contribution in [0.2, 0.25) is 0 Å². The molecule has 1 aliphatic heterocycles. The summed E-state index contributed by atoms with van der Waals surface area (Å²) in [6.45, 7) is 0.722. The van der Waals surface area contributed by atoms with Crippen LogP contribution in [0.1, 0.15) is 38.5 Å². The number of amides is 1. The number of nitrogens with two attached hydrogens (primary N) is 1. The third kappa shape index (κ3) is 3.16. The molecule has 2 fully saturated rings. The Kier molecular flexibility index (Phi) is 4.96. The normalized spacial score (nSPS) is 24.3. The molecule has 0 radical (unpaired) electrons. The van der Waals surface area contributed by atoms with Gasteiger partial charge in [0.15, 0.2) is 5.84 Å². The lowest BCUT2D eigenvalue weighted by Gasteiger charge is -2.28. The molecule has 1 aliphatic carbocycles. The molecule has 4 N–H and O–H groups in total. The Bertz CT molecular complexity index is 348. The van der Waals surface area contributed by atoms with Gasteiger partial charge in [-0.25, -0.2) is 0 Å². The molecule has 1 saturated heterocycles. The minimum Gasteiger partial charge on any atom is -0.409 e. The summed E-state index contributed by atoms with van der Waals surface area (Å²) in [6, 6.07) is 0. The Morgan fingerprint density at radius 1 is 1.37 bits per heavy atom. The zero-order valence-electron chi connectivity index (χ0n) is 11.2. The largest absolute Gasteiger partial charge is 0.409 e. The van der Waals surface area contributed by atoms with Crippen molar-refractivity contribution in [2.24, 2.45) is 22.2 Å². The summed E-state index contributed by atoms with van der Waals surface area (Å²) in [5, 5.41) is 15.0. The summed E-state index contributed by atoms with van der Waals surface area (Å²) in [5.41, 5.74) is 4.99. The predicted molar refractivity (Wildman–Crippen MR) is 77.4 cm³/mol. The third-order valence-electron chi connectivity index (χ3n) is 4.38. The third-order valence-corrected chi connectivity index (χ3v) is 5.43. The molecule has 0 atom stereocenters. The Morgan fingerprint density at radius 3 is 2.58 bits per heavy atom. The quantitative estimate of drug-likeness (QED) is 0.316. The standard InChI is InChI=1S/C13H23N3O2S/c14-11(16-18)13(5-1-2-6-13)12(17)15-9-10-3-7-19-8-4-10/h10,18H,1-9H2,(H2,14,16)(H,15,17). The van der Waals surface area contributed by atoms with Crippen LogP contribution in [0.25, 0.3) is 0 Å². The molecule has 0 aromatic heterocycles. The van der Waals surface area contributed by atoms with Crippen LogP contribution in [0.5, 0.6) is 0 Å². The second-order valence-corrected chi connectivity index (χ2v) is 6.76. The highest BCUT2D eigenvalue weighted by atomic mass is 32.2. The Labute approximate surface area is 118 Å². The maximum Gasteiger partial charge on any atom is 0.233 e. The van der Waals surface area contributed by atoms with Gasteiger partial charge in [0.1, 0.15) is 5.41 Å². The van der Waals surface area contributed by atoms with Gasteiger partial charge < -0.3 is 16.3 Å². The van der Waals surface area contributed by atoms with E-state index in [2.05, 4.69) is 10.5 Å². The molecule has 2 rings (SSSR count). The molecule has 1 amide bonds. The van der Waals surface area contributed by atoms with Gasteiger partial charge in [0.25, 0.3) is 0 Å². The molecule has 0 aromatic rings. The molecule has 19 heavy (non-hydrogen) atoms. The number of thioether (sulfide) groups is 1. The first kappa shape index (κ1) is 14.5. The van der Waals surface area contributed by atoms with Crippen molar-refractivity contribution >= 4 is 23.5 Å². The molecule has 1 heterocycles. The van der Waals surface area contributed by atoms with Crippen molar-refractivity contribution in [3.05, 3.63) is 0 Å². The van der Waals surface area contributed by atoms with E-state index >= 15 is 0 Å². The molecule has 108 valence electrons. The SMILES string of the molecule is NC(=NO)C1(C(=O)NCC2CCSCC2)CCCC1. The summed E-state index contributed by atoms with van der Waals surface area (Å²) < 4.78 is 0. The van der Waals surface area contributed by atoms with Gasteiger partial charge >= 0.3 is 0 Å². The second kappa shape index (κ2) is 6.50. The molecule has 0 aromatic carbocycles. The fourth-order valence-corrected chi connectivity index (χ4v) is 4.23. The van der Waals surface area contributed by atoms with E-state index in [0.717, 1.165) is 19.4 Å². The van der Waals surface area contributed by atoms with Gasteiger partial charge in [-0.15, -0.1) is 0 Å². The number of hydrogen-bond donors (Lipinski definition) is 3. The molecular formula is C13H23N3O2S. The summed E-state index contributed by atoms with van der Waals surface area (Å²) in [5.74, 6) is 2.97. The number of nitrogens with zero attached hydrogens (tertiary/aromatic N) is 1. The summed E-state index contributed by atoms with van der Waals surface area (Å²) in [6.07, 6.45) is 5.64. The average molecular weight is 285 g/mol. The summed E-state index contributed by atoms with van der Waals surface area (Å²) in [4.78, 5) is 12.4. The second-order valence-electron chi connectivity index (χ2n) is 5.54. The van der Waals surface area contributed by atoms with Crippen LogP contribution in [-0.4, -0.2) is 35.0 Å². The van der Waals surface area contributed by atoms with E-state index < -0.39 is 5.41 Å². The monoisotopic (exact) mass is 285 g/mol. The van der Waals surface area contributed by atoms with Gasteiger partial charge in [-0.3, -0.25) is 4.79 Å². The molecule has 2 aliphatic rings. The van der Waals surface area contributed by atoms with Crippen LogP contribution in [0, 0.1) is 11.3 Å². The van der Waals surface area contributed by atoms with E-state index in [4.69, 9.17) is 10.9 Å². The van der Waals surface area contributed by atoms with Crippen LogP contribution >= 0.6 is 11.8 Å². The number of rotatable bonds is 4. The molecule has 0 spiro atoms. The lowest BCUT2D eigenvalue weighted by atomic mass is 9.83. The van der Waals surface area contributed by atoms with Crippen LogP contribution in [0.3, 0.4) is 0 Å². The summed E-state index contributed by atoms with van der Waals surface area (Å²) in [7, 11) is 0. The van der Waals surface area contributed by atoms with Crippen LogP contribution in [0.4, 0.5) is 0 Å². The van der Waals surface area contributed by atoms with E-state index in [9.17, 15) is 4.79 Å². The highest BCUT2D eigenvalue weighted by Gasteiger charge is 2.45. The van der Waals surface area contributed by atoms with Gasteiger partial charge in [0.05, 0.1) is 0 Å². The van der Waals surface area contributed by atoms with E-state index in [-0.39, 0.29) is 11.7 Å². The van der Waals surface area contributed by atoms with Crippen molar-refractivity contribution in [3.8, 4) is 0 Å². The molecule has 5 nitrogen and oxygen atoms in total. The van der Waals surface area contributed by atoms with E-state index in [1.165, 1.54) is 24.3 Å². The minimum atomic E-state index is -0.766. The fourth-order valence-electron chi connectivity index (χ4n) is 3.03. The van der Waals surface area contributed by atoms with Crippen molar-refractivity contribution in [1.82, 2.24) is 5.32 Å². The number of carbonyl (C=O) groups is 1. The maximum absolute atomic E-state index is 12.4. The molecule has 0 bridgehead atoms. The predicted octanol–water partition coefficient (Wildman–Crippen LogP) is 1.55. The number of amidine groups is 1. The molecule has 1 saturated carbocycles.